The molecule has 0 saturated heterocycles. The molecule has 1 aliphatic heterocycles. The molecule has 2 heterocycles. The SMILES string of the molecule is NS(=O)(=O)c1ccc2c(c1)CN(c1ccnc(NCc3ccccc3)n1)CC2. The Labute approximate surface area is 164 Å². The first-order valence-corrected chi connectivity index (χ1v) is 10.5. The number of hydrogen-bond acceptors (Lipinski definition) is 6. The van der Waals surface area contributed by atoms with Crippen molar-refractivity contribution in [1.29, 1.82) is 0 Å². The molecule has 1 aliphatic rings. The standard InChI is InChI=1S/C20H21N5O2S/c21-28(26,27)18-7-6-16-9-11-25(14-17(16)12-18)19-8-10-22-20(24-19)23-13-15-4-2-1-3-5-15/h1-8,10,12H,9,11,13-14H2,(H2,21,26,27)(H,22,23,24). The summed E-state index contributed by atoms with van der Waals surface area (Å²) >= 11 is 0. The van der Waals surface area contributed by atoms with Gasteiger partial charge in [-0.25, -0.2) is 18.5 Å². The van der Waals surface area contributed by atoms with Crippen molar-refractivity contribution in [1.82, 2.24) is 9.97 Å². The lowest BCUT2D eigenvalue weighted by Crippen LogP contribution is -2.31. The second-order valence-electron chi connectivity index (χ2n) is 6.72. The molecule has 0 atom stereocenters. The molecule has 3 N–H and O–H groups in total. The third-order valence-electron chi connectivity index (χ3n) is 4.78. The molecule has 28 heavy (non-hydrogen) atoms. The zero-order valence-corrected chi connectivity index (χ0v) is 16.1. The minimum atomic E-state index is -3.71. The fourth-order valence-corrected chi connectivity index (χ4v) is 3.86. The molecule has 0 aliphatic carbocycles. The Morgan fingerprint density at radius 2 is 1.89 bits per heavy atom. The van der Waals surface area contributed by atoms with E-state index in [1.54, 1.807) is 18.3 Å². The van der Waals surface area contributed by atoms with E-state index >= 15 is 0 Å². The molecule has 2 aromatic carbocycles. The average Bonchev–Trinajstić information content (AvgIpc) is 2.72. The summed E-state index contributed by atoms with van der Waals surface area (Å²) in [5.41, 5.74) is 3.24. The summed E-state index contributed by atoms with van der Waals surface area (Å²) in [4.78, 5) is 11.2. The topological polar surface area (TPSA) is 101 Å². The summed E-state index contributed by atoms with van der Waals surface area (Å²) < 4.78 is 23.3. The van der Waals surface area contributed by atoms with Crippen LogP contribution in [0, 0.1) is 0 Å². The highest BCUT2D eigenvalue weighted by Gasteiger charge is 2.20. The van der Waals surface area contributed by atoms with Crippen LogP contribution in [0.1, 0.15) is 16.7 Å². The smallest absolute Gasteiger partial charge is 0.238 e. The molecule has 0 fully saturated rings. The van der Waals surface area contributed by atoms with E-state index in [1.807, 2.05) is 42.5 Å². The number of primary sulfonamides is 1. The van der Waals surface area contributed by atoms with Crippen LogP contribution in [0.2, 0.25) is 0 Å². The van der Waals surface area contributed by atoms with E-state index in [-0.39, 0.29) is 4.90 Å². The molecule has 8 heteroatoms. The summed E-state index contributed by atoms with van der Waals surface area (Å²) in [7, 11) is -3.71. The maximum atomic E-state index is 11.6. The molecule has 7 nitrogen and oxygen atoms in total. The highest BCUT2D eigenvalue weighted by atomic mass is 32.2. The van der Waals surface area contributed by atoms with Crippen molar-refractivity contribution < 1.29 is 8.42 Å². The van der Waals surface area contributed by atoms with Gasteiger partial charge in [0.05, 0.1) is 4.90 Å². The van der Waals surface area contributed by atoms with Gasteiger partial charge >= 0.3 is 0 Å². The van der Waals surface area contributed by atoms with Gasteiger partial charge in [-0.15, -0.1) is 0 Å². The Morgan fingerprint density at radius 1 is 1.07 bits per heavy atom. The number of nitrogens with one attached hydrogen (secondary N) is 1. The molecule has 0 unspecified atom stereocenters. The van der Waals surface area contributed by atoms with E-state index in [9.17, 15) is 8.42 Å². The van der Waals surface area contributed by atoms with Crippen molar-refractivity contribution in [3.05, 3.63) is 77.5 Å². The van der Waals surface area contributed by atoms with Crippen molar-refractivity contribution in [2.75, 3.05) is 16.8 Å². The van der Waals surface area contributed by atoms with Crippen molar-refractivity contribution >= 4 is 21.8 Å². The lowest BCUT2D eigenvalue weighted by Gasteiger charge is -2.30. The van der Waals surface area contributed by atoms with Gasteiger partial charge in [0.15, 0.2) is 0 Å². The molecule has 0 saturated carbocycles. The molecular formula is C20H21N5O2S. The first kappa shape index (κ1) is 18.4. The Morgan fingerprint density at radius 3 is 2.68 bits per heavy atom. The van der Waals surface area contributed by atoms with Gasteiger partial charge in [0, 0.05) is 25.8 Å². The van der Waals surface area contributed by atoms with Crippen LogP contribution in [-0.4, -0.2) is 24.9 Å². The third kappa shape index (κ3) is 4.13. The highest BCUT2D eigenvalue weighted by Crippen LogP contribution is 2.25. The van der Waals surface area contributed by atoms with Gasteiger partial charge < -0.3 is 10.2 Å². The predicted octanol–water partition coefficient (Wildman–Crippen LogP) is 2.30. The molecule has 0 amide bonds. The second kappa shape index (κ2) is 7.57. The summed E-state index contributed by atoms with van der Waals surface area (Å²) in [6.45, 7) is 2.02. The van der Waals surface area contributed by atoms with E-state index in [1.165, 1.54) is 0 Å². The van der Waals surface area contributed by atoms with Crippen LogP contribution in [0.15, 0.2) is 65.7 Å². The molecule has 144 valence electrons. The fourth-order valence-electron chi connectivity index (χ4n) is 3.29. The van der Waals surface area contributed by atoms with E-state index < -0.39 is 10.0 Å². The number of fused-ring (bicyclic) bond motifs is 1. The van der Waals surface area contributed by atoms with Crippen LogP contribution in [0.5, 0.6) is 0 Å². The number of rotatable bonds is 5. The number of nitrogens with two attached hydrogens (primary N) is 1. The minimum absolute atomic E-state index is 0.140. The number of aromatic nitrogens is 2. The molecule has 4 rings (SSSR count). The predicted molar refractivity (Wildman–Crippen MR) is 108 cm³/mol. The highest BCUT2D eigenvalue weighted by molar-refractivity contribution is 7.89. The van der Waals surface area contributed by atoms with Crippen LogP contribution in [0.25, 0.3) is 0 Å². The summed E-state index contributed by atoms with van der Waals surface area (Å²) in [6, 6.07) is 17.0. The van der Waals surface area contributed by atoms with Crippen molar-refractivity contribution in [3.8, 4) is 0 Å². The number of hydrogen-bond donors (Lipinski definition) is 2. The van der Waals surface area contributed by atoms with Crippen LogP contribution < -0.4 is 15.4 Å². The molecule has 3 aromatic rings. The summed E-state index contributed by atoms with van der Waals surface area (Å²) in [5, 5.41) is 8.51. The Hall–Kier alpha value is -2.97. The zero-order valence-electron chi connectivity index (χ0n) is 15.2. The Balaban J connectivity index is 1.51. The Bertz CT molecular complexity index is 1090. The van der Waals surface area contributed by atoms with E-state index in [4.69, 9.17) is 5.14 Å². The first-order valence-electron chi connectivity index (χ1n) is 8.99. The summed E-state index contributed by atoms with van der Waals surface area (Å²) in [6.07, 6.45) is 2.54. The van der Waals surface area contributed by atoms with Gasteiger partial charge in [0.1, 0.15) is 5.82 Å². The lowest BCUT2D eigenvalue weighted by atomic mass is 10.00. The van der Waals surface area contributed by atoms with Crippen LogP contribution in [0.4, 0.5) is 11.8 Å². The van der Waals surface area contributed by atoms with Crippen LogP contribution in [-0.2, 0) is 29.5 Å². The fraction of sp³-hybridized carbons (Fsp3) is 0.200. The monoisotopic (exact) mass is 395 g/mol. The third-order valence-corrected chi connectivity index (χ3v) is 5.69. The van der Waals surface area contributed by atoms with Crippen molar-refractivity contribution in [2.45, 2.75) is 24.4 Å². The van der Waals surface area contributed by atoms with Crippen molar-refractivity contribution in [2.24, 2.45) is 5.14 Å². The minimum Gasteiger partial charge on any atom is -0.352 e. The first-order chi connectivity index (χ1) is 13.5. The van der Waals surface area contributed by atoms with E-state index in [0.717, 1.165) is 35.5 Å². The van der Waals surface area contributed by atoms with Gasteiger partial charge in [0.2, 0.25) is 16.0 Å². The number of sulfonamides is 1. The van der Waals surface area contributed by atoms with E-state index in [0.29, 0.717) is 19.0 Å². The normalized spacial score (nSPS) is 13.8. The molecule has 0 radical (unpaired) electrons. The van der Waals surface area contributed by atoms with Gasteiger partial charge in [-0.2, -0.15) is 4.98 Å². The Kier molecular flexibility index (Phi) is 4.97. The molecular weight excluding hydrogens is 374 g/mol. The van der Waals surface area contributed by atoms with Crippen molar-refractivity contribution in [3.63, 3.8) is 0 Å². The molecule has 0 spiro atoms. The van der Waals surface area contributed by atoms with Crippen LogP contribution >= 0.6 is 0 Å². The van der Waals surface area contributed by atoms with Gasteiger partial charge in [-0.05, 0) is 41.3 Å². The van der Waals surface area contributed by atoms with Crippen LogP contribution in [0.3, 0.4) is 0 Å². The maximum Gasteiger partial charge on any atom is 0.238 e. The average molecular weight is 395 g/mol. The zero-order chi connectivity index (χ0) is 19.6. The van der Waals surface area contributed by atoms with E-state index in [2.05, 4.69) is 20.2 Å². The molecule has 1 aromatic heterocycles. The number of nitrogens with zero attached hydrogens (tertiary/aromatic N) is 3. The lowest BCUT2D eigenvalue weighted by molar-refractivity contribution is 0.597. The summed E-state index contributed by atoms with van der Waals surface area (Å²) in [5.74, 6) is 1.36. The second-order valence-corrected chi connectivity index (χ2v) is 8.29. The maximum absolute atomic E-state index is 11.6. The van der Waals surface area contributed by atoms with Gasteiger partial charge in [-0.3, -0.25) is 0 Å². The van der Waals surface area contributed by atoms with Gasteiger partial charge in [0.25, 0.3) is 0 Å². The number of anilines is 2. The molecule has 0 bridgehead atoms. The number of benzene rings is 2. The van der Waals surface area contributed by atoms with Gasteiger partial charge in [-0.1, -0.05) is 36.4 Å². The quantitative estimate of drug-likeness (QED) is 0.687. The largest absolute Gasteiger partial charge is 0.352 e.